The van der Waals surface area contributed by atoms with Crippen molar-refractivity contribution in [1.82, 2.24) is 20.3 Å². The van der Waals surface area contributed by atoms with Crippen LogP contribution in [0.15, 0.2) is 24.4 Å². The number of hydrogen-bond acceptors (Lipinski definition) is 3. The fourth-order valence-electron chi connectivity index (χ4n) is 1.35. The van der Waals surface area contributed by atoms with E-state index in [0.717, 1.165) is 6.07 Å². The Balaban J connectivity index is 2.35. The van der Waals surface area contributed by atoms with Gasteiger partial charge in [-0.2, -0.15) is 0 Å². The lowest BCUT2D eigenvalue weighted by atomic mass is 10.3. The highest BCUT2D eigenvalue weighted by Gasteiger charge is 2.08. The molecule has 0 atom stereocenters. The van der Waals surface area contributed by atoms with E-state index in [2.05, 4.69) is 15.6 Å². The number of hydrogen-bond donors (Lipinski definition) is 1. The third-order valence-corrected chi connectivity index (χ3v) is 2.06. The van der Waals surface area contributed by atoms with Crippen molar-refractivity contribution in [2.24, 2.45) is 0 Å². The molecule has 0 saturated carbocycles. The average Bonchev–Trinajstić information content (AvgIpc) is 2.67. The number of benzene rings is 1. The lowest BCUT2D eigenvalue weighted by Gasteiger charge is -2.01. The summed E-state index contributed by atoms with van der Waals surface area (Å²) in [5.41, 5.74) is 0.863. The maximum atomic E-state index is 13.4. The van der Waals surface area contributed by atoms with Gasteiger partial charge in [0, 0.05) is 12.6 Å². The quantitative estimate of drug-likeness (QED) is 0.853. The second kappa shape index (κ2) is 4.36. The van der Waals surface area contributed by atoms with Crippen LogP contribution in [0.1, 0.15) is 5.69 Å². The van der Waals surface area contributed by atoms with Crippen LogP contribution in [0.25, 0.3) is 5.69 Å². The number of nitrogens with zero attached hydrogens (tertiary/aromatic N) is 3. The van der Waals surface area contributed by atoms with Crippen LogP contribution in [0, 0.1) is 11.6 Å². The summed E-state index contributed by atoms with van der Waals surface area (Å²) in [5.74, 6) is -1.28. The Morgan fingerprint density at radius 1 is 1.38 bits per heavy atom. The van der Waals surface area contributed by atoms with Crippen molar-refractivity contribution >= 4 is 0 Å². The molecule has 0 aliphatic rings. The van der Waals surface area contributed by atoms with Crippen LogP contribution in [0.2, 0.25) is 0 Å². The first-order chi connectivity index (χ1) is 7.70. The molecule has 0 unspecified atom stereocenters. The fourth-order valence-corrected chi connectivity index (χ4v) is 1.35. The average molecular weight is 224 g/mol. The minimum Gasteiger partial charge on any atom is -0.314 e. The zero-order chi connectivity index (χ0) is 11.5. The molecule has 1 N–H and O–H groups in total. The molecule has 1 heterocycles. The minimum atomic E-state index is -0.666. The van der Waals surface area contributed by atoms with Gasteiger partial charge in [-0.3, -0.25) is 0 Å². The van der Waals surface area contributed by atoms with Crippen LogP contribution in [0.5, 0.6) is 0 Å². The summed E-state index contributed by atoms with van der Waals surface area (Å²) >= 11 is 0. The molecule has 1 aromatic carbocycles. The topological polar surface area (TPSA) is 42.7 Å². The van der Waals surface area contributed by atoms with Gasteiger partial charge in [0.15, 0.2) is 5.82 Å². The van der Waals surface area contributed by atoms with Gasteiger partial charge in [-0.15, -0.1) is 5.10 Å². The van der Waals surface area contributed by atoms with E-state index in [-0.39, 0.29) is 5.69 Å². The van der Waals surface area contributed by atoms with Crippen LogP contribution in [-0.4, -0.2) is 22.0 Å². The van der Waals surface area contributed by atoms with E-state index in [1.165, 1.54) is 16.8 Å². The molecule has 0 aliphatic carbocycles. The normalized spacial score (nSPS) is 10.7. The molecule has 4 nitrogen and oxygen atoms in total. The van der Waals surface area contributed by atoms with Gasteiger partial charge in [0.05, 0.1) is 11.9 Å². The third kappa shape index (κ3) is 2.06. The molecule has 0 fully saturated rings. The maximum absolute atomic E-state index is 13.4. The summed E-state index contributed by atoms with van der Waals surface area (Å²) < 4.78 is 27.4. The van der Waals surface area contributed by atoms with Gasteiger partial charge in [0.1, 0.15) is 11.5 Å². The zero-order valence-electron chi connectivity index (χ0n) is 8.61. The molecule has 0 spiro atoms. The molecule has 6 heteroatoms. The first-order valence-corrected chi connectivity index (χ1v) is 4.72. The summed E-state index contributed by atoms with van der Waals surface area (Å²) in [5, 5.41) is 10.5. The van der Waals surface area contributed by atoms with Crippen molar-refractivity contribution in [2.75, 3.05) is 7.05 Å². The van der Waals surface area contributed by atoms with Crippen molar-refractivity contribution < 1.29 is 8.78 Å². The second-order valence-corrected chi connectivity index (χ2v) is 3.28. The Morgan fingerprint density at radius 3 is 2.88 bits per heavy atom. The lowest BCUT2D eigenvalue weighted by molar-refractivity contribution is 0.572. The van der Waals surface area contributed by atoms with Crippen molar-refractivity contribution in [2.45, 2.75) is 6.54 Å². The number of rotatable bonds is 3. The van der Waals surface area contributed by atoms with Gasteiger partial charge >= 0.3 is 0 Å². The number of halogens is 2. The van der Waals surface area contributed by atoms with Crippen molar-refractivity contribution in [1.29, 1.82) is 0 Å². The Labute approximate surface area is 90.9 Å². The van der Waals surface area contributed by atoms with Gasteiger partial charge in [-0.25, -0.2) is 13.5 Å². The summed E-state index contributed by atoms with van der Waals surface area (Å²) in [6, 6.07) is 3.31. The smallest absolute Gasteiger partial charge is 0.151 e. The Bertz CT molecular complexity index is 495. The summed E-state index contributed by atoms with van der Waals surface area (Å²) in [4.78, 5) is 0. The van der Waals surface area contributed by atoms with Crippen LogP contribution < -0.4 is 5.32 Å². The van der Waals surface area contributed by atoms with Crippen molar-refractivity contribution in [3.8, 4) is 5.69 Å². The highest BCUT2D eigenvalue weighted by atomic mass is 19.1. The van der Waals surface area contributed by atoms with Crippen molar-refractivity contribution in [3.05, 3.63) is 41.7 Å². The molecule has 16 heavy (non-hydrogen) atoms. The molecular weight excluding hydrogens is 214 g/mol. The van der Waals surface area contributed by atoms with Crippen LogP contribution in [-0.2, 0) is 6.54 Å². The summed E-state index contributed by atoms with van der Waals surface area (Å²) in [7, 11) is 1.78. The molecule has 0 bridgehead atoms. The van der Waals surface area contributed by atoms with E-state index < -0.39 is 11.6 Å². The minimum absolute atomic E-state index is 0.177. The van der Waals surface area contributed by atoms with Crippen LogP contribution >= 0.6 is 0 Å². The molecule has 2 rings (SSSR count). The van der Waals surface area contributed by atoms with E-state index in [1.54, 1.807) is 13.2 Å². The molecule has 2 aromatic rings. The largest absolute Gasteiger partial charge is 0.314 e. The molecule has 0 radical (unpaired) electrons. The summed E-state index contributed by atoms with van der Waals surface area (Å²) in [6.07, 6.45) is 1.59. The van der Waals surface area contributed by atoms with E-state index in [1.807, 2.05) is 0 Å². The molecule has 0 saturated heterocycles. The monoisotopic (exact) mass is 224 g/mol. The molecular formula is C10H10F2N4. The van der Waals surface area contributed by atoms with Gasteiger partial charge in [0.25, 0.3) is 0 Å². The van der Waals surface area contributed by atoms with E-state index in [4.69, 9.17) is 0 Å². The molecule has 0 amide bonds. The standard InChI is InChI=1S/C10H10F2N4/c1-13-5-8-6-16(15-14-8)10-3-2-7(11)4-9(10)12/h2-4,6,13H,5H2,1H3. The fraction of sp³-hybridized carbons (Fsp3) is 0.200. The van der Waals surface area contributed by atoms with E-state index in [0.29, 0.717) is 12.2 Å². The first kappa shape index (κ1) is 10.7. The van der Waals surface area contributed by atoms with Gasteiger partial charge < -0.3 is 5.32 Å². The predicted octanol–water partition coefficient (Wildman–Crippen LogP) is 1.26. The number of aromatic nitrogens is 3. The van der Waals surface area contributed by atoms with Gasteiger partial charge in [0.2, 0.25) is 0 Å². The Hall–Kier alpha value is -1.82. The SMILES string of the molecule is CNCc1cn(-c2ccc(F)cc2F)nn1. The number of nitrogens with one attached hydrogen (secondary N) is 1. The van der Waals surface area contributed by atoms with Crippen LogP contribution in [0.4, 0.5) is 8.78 Å². The maximum Gasteiger partial charge on any atom is 0.151 e. The molecule has 0 aliphatic heterocycles. The first-order valence-electron chi connectivity index (χ1n) is 4.72. The van der Waals surface area contributed by atoms with Crippen molar-refractivity contribution in [3.63, 3.8) is 0 Å². The van der Waals surface area contributed by atoms with Gasteiger partial charge in [-0.05, 0) is 19.2 Å². The third-order valence-electron chi connectivity index (χ3n) is 2.06. The zero-order valence-corrected chi connectivity index (χ0v) is 8.61. The molecule has 1 aromatic heterocycles. The highest BCUT2D eigenvalue weighted by Crippen LogP contribution is 2.13. The second-order valence-electron chi connectivity index (χ2n) is 3.28. The van der Waals surface area contributed by atoms with E-state index >= 15 is 0 Å². The Morgan fingerprint density at radius 2 is 2.19 bits per heavy atom. The summed E-state index contributed by atoms with van der Waals surface area (Å²) in [6.45, 7) is 0.544. The highest BCUT2D eigenvalue weighted by molar-refractivity contribution is 5.32. The predicted molar refractivity (Wildman–Crippen MR) is 54.0 cm³/mol. The molecule has 84 valence electrons. The van der Waals surface area contributed by atoms with Crippen LogP contribution in [0.3, 0.4) is 0 Å². The van der Waals surface area contributed by atoms with Gasteiger partial charge in [-0.1, -0.05) is 5.21 Å². The lowest BCUT2D eigenvalue weighted by Crippen LogP contribution is -2.05. The van der Waals surface area contributed by atoms with E-state index in [9.17, 15) is 8.78 Å². The Kier molecular flexibility index (Phi) is 2.91.